The molecular weight excluding hydrogens is 320 g/mol. The molecule has 0 bridgehead atoms. The summed E-state index contributed by atoms with van der Waals surface area (Å²) in [4.78, 5) is 12.5. The highest BCUT2D eigenvalue weighted by atomic mass is 32.2. The summed E-state index contributed by atoms with van der Waals surface area (Å²) < 4.78 is 13.6. The van der Waals surface area contributed by atoms with Crippen molar-refractivity contribution in [1.82, 2.24) is 9.88 Å². The van der Waals surface area contributed by atoms with Gasteiger partial charge in [-0.15, -0.1) is 0 Å². The highest BCUT2D eigenvalue weighted by Crippen LogP contribution is 2.16. The van der Waals surface area contributed by atoms with E-state index >= 15 is 0 Å². The predicted octanol–water partition coefficient (Wildman–Crippen LogP) is 2.88. The normalized spacial score (nSPS) is 13.5. The van der Waals surface area contributed by atoms with Crippen molar-refractivity contribution in [2.24, 2.45) is 0 Å². The predicted molar refractivity (Wildman–Crippen MR) is 98.2 cm³/mol. The Kier molecular flexibility index (Phi) is 5.11. The highest BCUT2D eigenvalue weighted by molar-refractivity contribution is 7.84. The van der Waals surface area contributed by atoms with Crippen molar-refractivity contribution in [3.63, 3.8) is 0 Å². The average molecular weight is 340 g/mol. The maximum Gasteiger partial charge on any atom is 0.240 e. The van der Waals surface area contributed by atoms with Crippen LogP contribution in [0.25, 0.3) is 10.9 Å². The number of nitrogens with zero attached hydrogens (tertiary/aromatic N) is 1. The van der Waals surface area contributed by atoms with Crippen LogP contribution >= 0.6 is 0 Å². The van der Waals surface area contributed by atoms with Crippen molar-refractivity contribution in [2.75, 3.05) is 12.0 Å². The molecule has 0 aliphatic heterocycles. The third-order valence-electron chi connectivity index (χ3n) is 3.93. The number of nitrogens with one attached hydrogen (secondary N) is 1. The Hall–Kier alpha value is -2.40. The van der Waals surface area contributed by atoms with Gasteiger partial charge < -0.3 is 9.88 Å². The molecule has 2 atom stereocenters. The van der Waals surface area contributed by atoms with Crippen LogP contribution in [0, 0.1) is 0 Å². The molecule has 1 aromatic heterocycles. The lowest BCUT2D eigenvalue weighted by Crippen LogP contribution is -2.34. The Morgan fingerprint density at radius 2 is 1.79 bits per heavy atom. The maximum atomic E-state index is 12.5. The van der Waals surface area contributed by atoms with Gasteiger partial charge in [0, 0.05) is 34.5 Å². The van der Waals surface area contributed by atoms with Crippen molar-refractivity contribution in [3.8, 4) is 0 Å². The van der Waals surface area contributed by atoms with Crippen LogP contribution < -0.4 is 5.32 Å². The quantitative estimate of drug-likeness (QED) is 0.750. The molecular formula is C19H20N2O2S. The van der Waals surface area contributed by atoms with Gasteiger partial charge in [0.2, 0.25) is 5.91 Å². The summed E-state index contributed by atoms with van der Waals surface area (Å²) in [5.74, 6) is 0.318. The van der Waals surface area contributed by atoms with Crippen molar-refractivity contribution in [3.05, 3.63) is 72.4 Å². The SMILES string of the molecule is C[S@](=O)C[C@@H](NC(=O)Cn1ccc2ccccc21)c1ccccc1. The number of benzene rings is 2. The summed E-state index contributed by atoms with van der Waals surface area (Å²) in [5, 5.41) is 4.13. The third kappa shape index (κ3) is 3.92. The first-order valence-corrected chi connectivity index (χ1v) is 9.54. The van der Waals surface area contributed by atoms with Crippen LogP contribution in [0.1, 0.15) is 11.6 Å². The van der Waals surface area contributed by atoms with Crippen LogP contribution in [-0.2, 0) is 22.1 Å². The number of carbonyl (C=O) groups excluding carboxylic acids is 1. The van der Waals surface area contributed by atoms with E-state index in [-0.39, 0.29) is 18.5 Å². The summed E-state index contributed by atoms with van der Waals surface area (Å²) in [6.45, 7) is 0.243. The zero-order valence-electron chi connectivity index (χ0n) is 13.5. The van der Waals surface area contributed by atoms with Crippen molar-refractivity contribution >= 4 is 27.6 Å². The summed E-state index contributed by atoms with van der Waals surface area (Å²) in [5.41, 5.74) is 2.00. The molecule has 0 saturated carbocycles. The highest BCUT2D eigenvalue weighted by Gasteiger charge is 2.16. The van der Waals surface area contributed by atoms with E-state index in [9.17, 15) is 9.00 Å². The monoisotopic (exact) mass is 340 g/mol. The van der Waals surface area contributed by atoms with Crippen molar-refractivity contribution < 1.29 is 9.00 Å². The van der Waals surface area contributed by atoms with Crippen molar-refractivity contribution in [1.29, 1.82) is 0 Å². The van der Waals surface area contributed by atoms with E-state index < -0.39 is 10.8 Å². The van der Waals surface area contributed by atoms with Crippen molar-refractivity contribution in [2.45, 2.75) is 12.6 Å². The second-order valence-electron chi connectivity index (χ2n) is 5.77. The molecule has 0 saturated heterocycles. The largest absolute Gasteiger partial charge is 0.347 e. The molecule has 124 valence electrons. The first kappa shape index (κ1) is 16.5. The smallest absolute Gasteiger partial charge is 0.240 e. The molecule has 24 heavy (non-hydrogen) atoms. The lowest BCUT2D eigenvalue weighted by atomic mass is 10.1. The van der Waals surface area contributed by atoms with Gasteiger partial charge >= 0.3 is 0 Å². The maximum absolute atomic E-state index is 12.5. The lowest BCUT2D eigenvalue weighted by Gasteiger charge is -2.18. The van der Waals surface area contributed by atoms with Crippen LogP contribution in [0.3, 0.4) is 0 Å². The van der Waals surface area contributed by atoms with Gasteiger partial charge in [-0.1, -0.05) is 48.5 Å². The molecule has 5 heteroatoms. The van der Waals surface area contributed by atoms with E-state index in [2.05, 4.69) is 5.32 Å². The fourth-order valence-electron chi connectivity index (χ4n) is 2.81. The van der Waals surface area contributed by atoms with Gasteiger partial charge in [-0.3, -0.25) is 9.00 Å². The number of para-hydroxylation sites is 1. The summed E-state index contributed by atoms with van der Waals surface area (Å²) in [7, 11) is -0.995. The summed E-state index contributed by atoms with van der Waals surface area (Å²) in [6, 6.07) is 19.4. The first-order chi connectivity index (χ1) is 11.6. The Morgan fingerprint density at radius 3 is 2.54 bits per heavy atom. The molecule has 0 fully saturated rings. The molecule has 3 rings (SSSR count). The molecule has 0 spiro atoms. The van der Waals surface area contributed by atoms with Gasteiger partial charge in [-0.2, -0.15) is 0 Å². The number of fused-ring (bicyclic) bond motifs is 1. The standard InChI is InChI=1S/C19H20N2O2S/c1-24(23)14-17(15-7-3-2-4-8-15)20-19(22)13-21-12-11-16-9-5-6-10-18(16)21/h2-12,17H,13-14H2,1H3,(H,20,22)/t17-,24+/m1/s1. The molecule has 0 radical (unpaired) electrons. The van der Waals surface area contributed by atoms with Gasteiger partial charge in [-0.25, -0.2) is 0 Å². The molecule has 2 aromatic carbocycles. The molecule has 3 aromatic rings. The second-order valence-corrected chi connectivity index (χ2v) is 7.25. The topological polar surface area (TPSA) is 51.1 Å². The molecule has 1 N–H and O–H groups in total. The Morgan fingerprint density at radius 1 is 1.08 bits per heavy atom. The van der Waals surface area contributed by atoms with Crippen LogP contribution in [0.15, 0.2) is 66.9 Å². The zero-order chi connectivity index (χ0) is 16.9. The minimum Gasteiger partial charge on any atom is -0.347 e. The lowest BCUT2D eigenvalue weighted by molar-refractivity contribution is -0.122. The molecule has 0 aliphatic carbocycles. The number of hydrogen-bond donors (Lipinski definition) is 1. The Bertz CT molecular complexity index is 858. The Balaban J connectivity index is 1.75. The van der Waals surface area contributed by atoms with E-state index in [1.807, 2.05) is 71.4 Å². The molecule has 0 aliphatic rings. The van der Waals surface area contributed by atoms with E-state index in [4.69, 9.17) is 0 Å². The van der Waals surface area contributed by atoms with Crippen LogP contribution in [0.4, 0.5) is 0 Å². The fourth-order valence-corrected chi connectivity index (χ4v) is 3.56. The fraction of sp³-hybridized carbons (Fsp3) is 0.211. The third-order valence-corrected chi connectivity index (χ3v) is 4.74. The minimum absolute atomic E-state index is 0.0874. The first-order valence-electron chi connectivity index (χ1n) is 7.81. The van der Waals surface area contributed by atoms with Gasteiger partial charge in [0.05, 0.1) is 6.04 Å². The number of hydrogen-bond acceptors (Lipinski definition) is 2. The Labute approximate surface area is 143 Å². The van der Waals surface area contributed by atoms with Crippen LogP contribution in [-0.4, -0.2) is 26.7 Å². The number of aromatic nitrogens is 1. The van der Waals surface area contributed by atoms with E-state index in [1.54, 1.807) is 6.26 Å². The van der Waals surface area contributed by atoms with Gasteiger partial charge in [0.25, 0.3) is 0 Å². The number of rotatable bonds is 6. The zero-order valence-corrected chi connectivity index (χ0v) is 14.3. The second kappa shape index (κ2) is 7.45. The van der Waals surface area contributed by atoms with Crippen LogP contribution in [0.2, 0.25) is 0 Å². The van der Waals surface area contributed by atoms with Crippen LogP contribution in [0.5, 0.6) is 0 Å². The molecule has 1 amide bonds. The van der Waals surface area contributed by atoms with E-state index in [0.717, 1.165) is 16.5 Å². The molecule has 1 heterocycles. The minimum atomic E-state index is -0.995. The van der Waals surface area contributed by atoms with Gasteiger partial charge in [0.1, 0.15) is 6.54 Å². The summed E-state index contributed by atoms with van der Waals surface area (Å²) >= 11 is 0. The van der Waals surface area contributed by atoms with E-state index in [1.165, 1.54) is 0 Å². The average Bonchev–Trinajstić information content (AvgIpc) is 2.98. The molecule has 4 nitrogen and oxygen atoms in total. The van der Waals surface area contributed by atoms with Gasteiger partial charge in [-0.05, 0) is 23.1 Å². The summed E-state index contributed by atoms with van der Waals surface area (Å²) in [6.07, 6.45) is 3.57. The number of amides is 1. The number of carbonyl (C=O) groups is 1. The van der Waals surface area contributed by atoms with Gasteiger partial charge in [0.15, 0.2) is 0 Å². The van der Waals surface area contributed by atoms with E-state index in [0.29, 0.717) is 5.75 Å². The molecule has 0 unspecified atom stereocenters.